The van der Waals surface area contributed by atoms with Gasteiger partial charge in [-0.3, -0.25) is 15.0 Å². The Morgan fingerprint density at radius 3 is 2.37 bits per heavy atom. The molecule has 12 nitrogen and oxygen atoms in total. The zero-order chi connectivity index (χ0) is 25.0. The van der Waals surface area contributed by atoms with Gasteiger partial charge in [-0.25, -0.2) is 9.59 Å². The quantitative estimate of drug-likeness (QED) is 0.292. The monoisotopic (exact) mass is 475 g/mol. The first kappa shape index (κ1) is 23.3. The minimum atomic E-state index is -1.36. The first-order valence-electron chi connectivity index (χ1n) is 10.5. The van der Waals surface area contributed by atoms with E-state index < -0.39 is 36.0 Å². The van der Waals surface area contributed by atoms with E-state index in [4.69, 9.17) is 4.74 Å². The summed E-state index contributed by atoms with van der Waals surface area (Å²) >= 11 is 0. The van der Waals surface area contributed by atoms with Gasteiger partial charge >= 0.3 is 12.0 Å². The van der Waals surface area contributed by atoms with Crippen LogP contribution in [-0.2, 0) is 24.7 Å². The van der Waals surface area contributed by atoms with Crippen LogP contribution in [-0.4, -0.2) is 55.6 Å². The Labute approximate surface area is 199 Å². The van der Waals surface area contributed by atoms with Crippen molar-refractivity contribution in [3.8, 4) is 0 Å². The predicted molar refractivity (Wildman–Crippen MR) is 121 cm³/mol. The molecule has 4 amide bonds. The number of benzene rings is 2. The van der Waals surface area contributed by atoms with Crippen molar-refractivity contribution in [2.24, 2.45) is 0 Å². The fourth-order valence-electron chi connectivity index (χ4n) is 3.44. The second kappa shape index (κ2) is 9.55. The van der Waals surface area contributed by atoms with Crippen molar-refractivity contribution in [3.63, 3.8) is 0 Å². The summed E-state index contributed by atoms with van der Waals surface area (Å²) in [6, 6.07) is 16.7. The van der Waals surface area contributed by atoms with E-state index in [1.165, 1.54) is 17.7 Å². The number of hydrogen-bond acceptors (Lipinski definition) is 8. The first-order chi connectivity index (χ1) is 16.8. The lowest BCUT2D eigenvalue weighted by Crippen LogP contribution is -2.49. The van der Waals surface area contributed by atoms with E-state index in [9.17, 15) is 19.2 Å². The summed E-state index contributed by atoms with van der Waals surface area (Å²) in [5, 5.41) is 14.2. The number of nitrogens with one attached hydrogen (secondary N) is 2. The molecule has 3 aromatic rings. The standard InChI is InChI=1S/C23H21N7O5/c1-15-25-27-28-29(15)18(13-16-9-5-3-6-10-16)20(32)35-14-19(31)26-30-21(33)23(2,24-22(30)34)17-11-7-4-8-12-17/h3-13H,14H2,1-2H3,(H,24,34)(H,26,31)/b18-13+/t23-/m1/s1. The number of urea groups is 1. The molecule has 2 aromatic carbocycles. The maximum Gasteiger partial charge on any atom is 0.357 e. The van der Waals surface area contributed by atoms with Crippen LogP contribution in [0.4, 0.5) is 4.79 Å². The van der Waals surface area contributed by atoms with Crippen LogP contribution in [0.3, 0.4) is 0 Å². The van der Waals surface area contributed by atoms with Crippen LogP contribution < -0.4 is 10.7 Å². The number of aryl methyl sites for hydroxylation is 1. The summed E-state index contributed by atoms with van der Waals surface area (Å²) in [7, 11) is 0. The van der Waals surface area contributed by atoms with E-state index >= 15 is 0 Å². The van der Waals surface area contributed by atoms with Crippen molar-refractivity contribution < 1.29 is 23.9 Å². The van der Waals surface area contributed by atoms with Crippen molar-refractivity contribution in [2.45, 2.75) is 19.4 Å². The van der Waals surface area contributed by atoms with Crippen molar-refractivity contribution in [3.05, 3.63) is 77.6 Å². The molecule has 12 heteroatoms. The molecule has 0 saturated carbocycles. The Morgan fingerprint density at radius 2 is 1.74 bits per heavy atom. The number of carbonyl (C=O) groups excluding carboxylic acids is 4. The Hall–Kier alpha value is -4.87. The van der Waals surface area contributed by atoms with Gasteiger partial charge in [-0.2, -0.15) is 9.69 Å². The van der Waals surface area contributed by atoms with Crippen LogP contribution in [0.25, 0.3) is 11.8 Å². The Morgan fingerprint density at radius 1 is 1.09 bits per heavy atom. The van der Waals surface area contributed by atoms with Crippen LogP contribution in [0.15, 0.2) is 60.7 Å². The van der Waals surface area contributed by atoms with E-state index in [-0.39, 0.29) is 5.70 Å². The zero-order valence-corrected chi connectivity index (χ0v) is 18.8. The number of rotatable bonds is 7. The molecular formula is C23H21N7O5. The van der Waals surface area contributed by atoms with Gasteiger partial charge in [-0.1, -0.05) is 60.7 Å². The van der Waals surface area contributed by atoms with E-state index in [2.05, 4.69) is 26.3 Å². The number of nitrogens with zero attached hydrogens (tertiary/aromatic N) is 5. The van der Waals surface area contributed by atoms with Gasteiger partial charge in [-0.05, 0) is 41.5 Å². The summed E-state index contributed by atoms with van der Waals surface area (Å²) in [6.45, 7) is 2.37. The molecule has 1 aliphatic rings. The smallest absolute Gasteiger partial charge is 0.357 e. The fourth-order valence-corrected chi connectivity index (χ4v) is 3.44. The number of esters is 1. The Bertz CT molecular complexity index is 1310. The SMILES string of the molecule is Cc1nnnn1/C(=C/c1ccccc1)C(=O)OCC(=O)NN1C(=O)N[C@](C)(c2ccccc2)C1=O. The largest absolute Gasteiger partial charge is 0.451 e. The highest BCUT2D eigenvalue weighted by atomic mass is 16.5. The van der Waals surface area contributed by atoms with E-state index in [1.807, 2.05) is 6.07 Å². The van der Waals surface area contributed by atoms with Gasteiger partial charge in [0.2, 0.25) is 0 Å². The number of imide groups is 1. The lowest BCUT2D eigenvalue weighted by Gasteiger charge is -2.22. The van der Waals surface area contributed by atoms with Gasteiger partial charge in [0.15, 0.2) is 18.1 Å². The molecule has 1 saturated heterocycles. The van der Waals surface area contributed by atoms with Crippen LogP contribution in [0.1, 0.15) is 23.9 Å². The van der Waals surface area contributed by atoms with Crippen LogP contribution in [0.5, 0.6) is 0 Å². The number of hydrazine groups is 1. The molecule has 0 aliphatic carbocycles. The highest BCUT2D eigenvalue weighted by Gasteiger charge is 2.50. The van der Waals surface area contributed by atoms with Gasteiger partial charge in [-0.15, -0.1) is 5.10 Å². The van der Waals surface area contributed by atoms with Gasteiger partial charge < -0.3 is 10.1 Å². The number of aromatic nitrogens is 4. The summed E-state index contributed by atoms with van der Waals surface area (Å²) in [6.07, 6.45) is 1.51. The van der Waals surface area contributed by atoms with Gasteiger partial charge in [0.05, 0.1) is 0 Å². The molecule has 178 valence electrons. The van der Waals surface area contributed by atoms with Crippen LogP contribution in [0, 0.1) is 6.92 Å². The normalized spacial score (nSPS) is 17.8. The lowest BCUT2D eigenvalue weighted by molar-refractivity contribution is -0.146. The fraction of sp³-hybridized carbons (Fsp3) is 0.174. The lowest BCUT2D eigenvalue weighted by atomic mass is 9.92. The minimum Gasteiger partial charge on any atom is -0.451 e. The molecule has 35 heavy (non-hydrogen) atoms. The highest BCUT2D eigenvalue weighted by Crippen LogP contribution is 2.27. The highest BCUT2D eigenvalue weighted by molar-refractivity contribution is 6.15. The summed E-state index contributed by atoms with van der Waals surface area (Å²) in [5.74, 6) is -2.12. The molecule has 1 atom stereocenters. The maximum atomic E-state index is 12.9. The van der Waals surface area contributed by atoms with Gasteiger partial charge in [0.25, 0.3) is 11.8 Å². The molecule has 1 aliphatic heterocycles. The summed E-state index contributed by atoms with van der Waals surface area (Å²) in [5.41, 5.74) is 2.03. The average molecular weight is 475 g/mol. The summed E-state index contributed by atoms with van der Waals surface area (Å²) < 4.78 is 6.31. The average Bonchev–Trinajstić information content (AvgIpc) is 3.38. The molecule has 4 rings (SSSR count). The minimum absolute atomic E-state index is 0.0295. The van der Waals surface area contributed by atoms with Crippen LogP contribution >= 0.6 is 0 Å². The third-order valence-electron chi connectivity index (χ3n) is 5.28. The molecular weight excluding hydrogens is 454 g/mol. The zero-order valence-electron chi connectivity index (χ0n) is 18.8. The number of tetrazole rings is 1. The van der Waals surface area contributed by atoms with Crippen molar-refractivity contribution in [2.75, 3.05) is 6.61 Å². The maximum absolute atomic E-state index is 12.9. The van der Waals surface area contributed by atoms with Gasteiger partial charge in [0, 0.05) is 0 Å². The van der Waals surface area contributed by atoms with Crippen LogP contribution in [0.2, 0.25) is 0 Å². The Balaban J connectivity index is 1.44. The number of carbonyl (C=O) groups is 4. The third-order valence-corrected chi connectivity index (χ3v) is 5.28. The van der Waals surface area contributed by atoms with Crippen molar-refractivity contribution >= 4 is 35.6 Å². The molecule has 1 fully saturated rings. The second-order valence-corrected chi connectivity index (χ2v) is 7.75. The predicted octanol–water partition coefficient (Wildman–Crippen LogP) is 1.02. The van der Waals surface area contributed by atoms with E-state index in [1.54, 1.807) is 61.5 Å². The van der Waals surface area contributed by atoms with Crippen molar-refractivity contribution in [1.29, 1.82) is 0 Å². The van der Waals surface area contributed by atoms with Gasteiger partial charge in [0.1, 0.15) is 5.54 Å². The Kier molecular flexibility index (Phi) is 6.36. The van der Waals surface area contributed by atoms with E-state index in [0.717, 1.165) is 0 Å². The first-order valence-corrected chi connectivity index (χ1v) is 10.5. The summed E-state index contributed by atoms with van der Waals surface area (Å²) in [4.78, 5) is 50.5. The van der Waals surface area contributed by atoms with Crippen molar-refractivity contribution in [1.82, 2.24) is 36.0 Å². The van der Waals surface area contributed by atoms with E-state index in [0.29, 0.717) is 22.0 Å². The molecule has 0 bridgehead atoms. The number of amides is 4. The molecule has 1 aromatic heterocycles. The topological polar surface area (TPSA) is 148 Å². The number of ether oxygens (including phenoxy) is 1. The third kappa shape index (κ3) is 4.76. The molecule has 0 radical (unpaired) electrons. The molecule has 0 spiro atoms. The molecule has 2 heterocycles. The number of hydrogen-bond donors (Lipinski definition) is 2. The molecule has 0 unspecified atom stereocenters. The second-order valence-electron chi connectivity index (χ2n) is 7.75. The molecule has 2 N–H and O–H groups in total.